The van der Waals surface area contributed by atoms with Gasteiger partial charge in [0.1, 0.15) is 0 Å². The van der Waals surface area contributed by atoms with Gasteiger partial charge in [-0.1, -0.05) is 43.0 Å². The Morgan fingerprint density at radius 1 is 1.27 bits per heavy atom. The van der Waals surface area contributed by atoms with Crippen molar-refractivity contribution in [3.8, 4) is 0 Å². The highest BCUT2D eigenvalue weighted by atomic mass is 35.5. The van der Waals surface area contributed by atoms with Gasteiger partial charge in [0.25, 0.3) is 0 Å². The molecule has 1 atom stereocenters. The summed E-state index contributed by atoms with van der Waals surface area (Å²) < 4.78 is 0. The zero-order valence-corrected chi connectivity index (χ0v) is 16.4. The average Bonchev–Trinajstić information content (AvgIpc) is 2.66. The van der Waals surface area contributed by atoms with Crippen molar-refractivity contribution in [2.24, 2.45) is 5.92 Å². The monoisotopic (exact) mass is 401 g/mol. The first kappa shape index (κ1) is 20.8. The molecule has 0 bridgehead atoms. The second-order valence-corrected chi connectivity index (χ2v) is 7.29. The van der Waals surface area contributed by atoms with Crippen LogP contribution in [0.1, 0.15) is 26.2 Å². The number of carbonyl (C=O) groups is 2. The van der Waals surface area contributed by atoms with Crippen molar-refractivity contribution in [3.63, 3.8) is 0 Å². The number of anilines is 1. The first-order chi connectivity index (χ1) is 12.5. The fourth-order valence-electron chi connectivity index (χ4n) is 3.14. The van der Waals surface area contributed by atoms with Gasteiger partial charge in [0.05, 0.1) is 22.5 Å². The van der Waals surface area contributed by atoms with Gasteiger partial charge in [0.15, 0.2) is 0 Å². The summed E-state index contributed by atoms with van der Waals surface area (Å²) in [5.74, 6) is -0.380. The van der Waals surface area contributed by atoms with Crippen molar-refractivity contribution < 1.29 is 14.8 Å². The SMILES string of the molecule is CCCCC(CN(O)C=O)C(=O)N1CCN(c2ccc(Cl)c(Cl)c2)CC1. The topological polar surface area (TPSA) is 64.1 Å². The van der Waals surface area contributed by atoms with Crippen LogP contribution >= 0.6 is 23.2 Å². The van der Waals surface area contributed by atoms with E-state index in [0.29, 0.717) is 54.1 Å². The Labute approximate surface area is 164 Å². The molecule has 1 heterocycles. The molecule has 144 valence electrons. The number of unbranched alkanes of at least 4 members (excludes halogenated alkanes) is 1. The van der Waals surface area contributed by atoms with Crippen LogP contribution in [0, 0.1) is 5.92 Å². The van der Waals surface area contributed by atoms with Gasteiger partial charge in [0.2, 0.25) is 12.3 Å². The molecular formula is C18H25Cl2N3O3. The summed E-state index contributed by atoms with van der Waals surface area (Å²) in [6.45, 7) is 4.66. The first-order valence-electron chi connectivity index (χ1n) is 8.85. The number of piperazine rings is 1. The van der Waals surface area contributed by atoms with Gasteiger partial charge < -0.3 is 9.80 Å². The van der Waals surface area contributed by atoms with E-state index in [0.717, 1.165) is 18.5 Å². The van der Waals surface area contributed by atoms with E-state index in [9.17, 15) is 14.8 Å². The Hall–Kier alpha value is -1.50. The molecule has 0 spiro atoms. The Bertz CT molecular complexity index is 622. The van der Waals surface area contributed by atoms with Crippen LogP contribution in [0.4, 0.5) is 5.69 Å². The highest BCUT2D eigenvalue weighted by molar-refractivity contribution is 6.42. The third kappa shape index (κ3) is 5.50. The summed E-state index contributed by atoms with van der Waals surface area (Å²) in [5, 5.41) is 11.1. The quantitative estimate of drug-likeness (QED) is 0.412. The van der Waals surface area contributed by atoms with Crippen LogP contribution in [0.2, 0.25) is 10.0 Å². The largest absolute Gasteiger partial charge is 0.368 e. The standard InChI is InChI=1S/C18H25Cl2N3O3/c1-2-3-4-14(12-23(26)13-24)18(25)22-9-7-21(8-10-22)15-5-6-16(19)17(20)11-15/h5-6,11,13-14,26H,2-4,7-10,12H2,1H3. The molecule has 1 aliphatic rings. The number of benzene rings is 1. The number of carbonyl (C=O) groups excluding carboxylic acids is 2. The van der Waals surface area contributed by atoms with Crippen molar-refractivity contribution in [3.05, 3.63) is 28.2 Å². The van der Waals surface area contributed by atoms with E-state index in [1.165, 1.54) is 0 Å². The van der Waals surface area contributed by atoms with E-state index < -0.39 is 0 Å². The molecule has 1 fully saturated rings. The van der Waals surface area contributed by atoms with E-state index in [4.69, 9.17) is 23.2 Å². The van der Waals surface area contributed by atoms with E-state index in [1.807, 2.05) is 24.0 Å². The number of hydrogen-bond donors (Lipinski definition) is 1. The van der Waals surface area contributed by atoms with Crippen molar-refractivity contribution in [2.45, 2.75) is 26.2 Å². The minimum absolute atomic E-state index is 0.00635. The summed E-state index contributed by atoms with van der Waals surface area (Å²) >= 11 is 12.0. The van der Waals surface area contributed by atoms with Gasteiger partial charge in [-0.3, -0.25) is 14.8 Å². The zero-order valence-electron chi connectivity index (χ0n) is 14.9. The number of hydroxylamine groups is 2. The molecule has 2 rings (SSSR count). The Balaban J connectivity index is 1.96. The zero-order chi connectivity index (χ0) is 19.1. The maximum Gasteiger partial charge on any atom is 0.233 e. The van der Waals surface area contributed by atoms with E-state index in [1.54, 1.807) is 6.07 Å². The molecule has 0 saturated carbocycles. The van der Waals surface area contributed by atoms with Crippen LogP contribution in [0.3, 0.4) is 0 Å². The lowest BCUT2D eigenvalue weighted by molar-refractivity contribution is -0.157. The molecule has 1 N–H and O–H groups in total. The number of hydrogen-bond acceptors (Lipinski definition) is 4. The highest BCUT2D eigenvalue weighted by Gasteiger charge is 2.28. The average molecular weight is 402 g/mol. The van der Waals surface area contributed by atoms with Gasteiger partial charge in [-0.25, -0.2) is 5.06 Å². The summed E-state index contributed by atoms with van der Waals surface area (Å²) in [6, 6.07) is 5.52. The molecule has 1 aromatic carbocycles. The maximum atomic E-state index is 12.8. The van der Waals surface area contributed by atoms with Crippen LogP contribution in [0.25, 0.3) is 0 Å². The van der Waals surface area contributed by atoms with Crippen LogP contribution in [0.15, 0.2) is 18.2 Å². The Morgan fingerprint density at radius 2 is 1.96 bits per heavy atom. The lowest BCUT2D eigenvalue weighted by Crippen LogP contribution is -2.51. The molecule has 0 aliphatic carbocycles. The third-order valence-corrected chi connectivity index (χ3v) is 5.38. The number of amides is 2. The predicted octanol–water partition coefficient (Wildman–Crippen LogP) is 3.30. The molecule has 1 aliphatic heterocycles. The van der Waals surface area contributed by atoms with E-state index in [2.05, 4.69) is 4.90 Å². The van der Waals surface area contributed by atoms with Gasteiger partial charge in [-0.2, -0.15) is 0 Å². The summed E-state index contributed by atoms with van der Waals surface area (Å²) in [6.07, 6.45) is 2.84. The number of nitrogens with zero attached hydrogens (tertiary/aromatic N) is 3. The van der Waals surface area contributed by atoms with Gasteiger partial charge in [-0.05, 0) is 24.6 Å². The third-order valence-electron chi connectivity index (χ3n) is 4.64. The van der Waals surface area contributed by atoms with Crippen molar-refractivity contribution in [2.75, 3.05) is 37.6 Å². The lowest BCUT2D eigenvalue weighted by Gasteiger charge is -2.38. The normalized spacial score (nSPS) is 15.7. The molecule has 8 heteroatoms. The molecular weight excluding hydrogens is 377 g/mol. The smallest absolute Gasteiger partial charge is 0.233 e. The second kappa shape index (κ2) is 10.00. The minimum atomic E-state index is -0.373. The molecule has 26 heavy (non-hydrogen) atoms. The first-order valence-corrected chi connectivity index (χ1v) is 9.61. The molecule has 6 nitrogen and oxygen atoms in total. The van der Waals surface area contributed by atoms with Gasteiger partial charge in [0, 0.05) is 31.9 Å². The lowest BCUT2D eigenvalue weighted by atomic mass is 10.00. The fourth-order valence-corrected chi connectivity index (χ4v) is 3.43. The summed E-state index contributed by atoms with van der Waals surface area (Å²) in [7, 11) is 0. The van der Waals surface area contributed by atoms with Gasteiger partial charge >= 0.3 is 0 Å². The summed E-state index contributed by atoms with van der Waals surface area (Å²) in [5.41, 5.74) is 0.983. The van der Waals surface area contributed by atoms with E-state index >= 15 is 0 Å². The predicted molar refractivity (Wildman–Crippen MR) is 103 cm³/mol. The molecule has 1 aromatic rings. The molecule has 1 saturated heterocycles. The highest BCUT2D eigenvalue weighted by Crippen LogP contribution is 2.28. The van der Waals surface area contributed by atoms with Crippen molar-refractivity contribution >= 4 is 41.2 Å². The van der Waals surface area contributed by atoms with Gasteiger partial charge in [-0.15, -0.1) is 0 Å². The minimum Gasteiger partial charge on any atom is -0.368 e. The molecule has 0 aromatic heterocycles. The number of halogens is 2. The van der Waals surface area contributed by atoms with Crippen molar-refractivity contribution in [1.29, 1.82) is 0 Å². The number of rotatable bonds is 8. The molecule has 0 radical (unpaired) electrons. The fraction of sp³-hybridized carbons (Fsp3) is 0.556. The van der Waals surface area contributed by atoms with Crippen molar-refractivity contribution in [1.82, 2.24) is 9.96 Å². The van der Waals surface area contributed by atoms with E-state index in [-0.39, 0.29) is 18.4 Å². The second-order valence-electron chi connectivity index (χ2n) is 6.48. The summed E-state index contributed by atoms with van der Waals surface area (Å²) in [4.78, 5) is 27.5. The van der Waals surface area contributed by atoms with Crippen LogP contribution in [0.5, 0.6) is 0 Å². The molecule has 1 unspecified atom stereocenters. The Kier molecular flexibility index (Phi) is 8.00. The van der Waals surface area contributed by atoms with Crippen LogP contribution in [-0.2, 0) is 9.59 Å². The maximum absolute atomic E-state index is 12.8. The van der Waals surface area contributed by atoms with Crippen LogP contribution in [-0.4, -0.2) is 60.2 Å². The Morgan fingerprint density at radius 3 is 2.54 bits per heavy atom. The van der Waals surface area contributed by atoms with Crippen LogP contribution < -0.4 is 4.90 Å². The molecule has 2 amide bonds.